The van der Waals surface area contributed by atoms with Crippen molar-refractivity contribution in [3.63, 3.8) is 0 Å². The van der Waals surface area contributed by atoms with E-state index in [-0.39, 0.29) is 0 Å². The molecule has 1 heterocycles. The van der Waals surface area contributed by atoms with Crippen molar-refractivity contribution in [3.05, 3.63) is 0 Å². The Morgan fingerprint density at radius 3 is 2.92 bits per heavy atom. The number of ether oxygens (including phenoxy) is 1. The van der Waals surface area contributed by atoms with Crippen molar-refractivity contribution in [1.29, 1.82) is 0 Å². The minimum atomic E-state index is 0.309. The van der Waals surface area contributed by atoms with Gasteiger partial charge in [0, 0.05) is 32.2 Å². The molecule has 0 saturated carbocycles. The molecular formula is C10H19NO2. The molecule has 3 heteroatoms. The smallest absolute Gasteiger partial charge is 0.222 e. The first-order valence-electron chi connectivity index (χ1n) is 5.13. The Kier molecular flexibility index (Phi) is 4.22. The highest BCUT2D eigenvalue weighted by Gasteiger charge is 2.24. The first kappa shape index (κ1) is 10.5. The molecule has 0 N–H and O–H groups in total. The number of carbonyl (C=O) groups excluding carboxylic acids is 1. The summed E-state index contributed by atoms with van der Waals surface area (Å²) in [5.74, 6) is 0.309. The lowest BCUT2D eigenvalue weighted by atomic mass is 10.2. The number of likely N-dealkylation sites (tertiary alicyclic amines) is 1. The predicted octanol–water partition coefficient (Wildman–Crippen LogP) is 1.42. The molecule has 1 saturated heterocycles. The molecule has 1 atom stereocenters. The summed E-state index contributed by atoms with van der Waals surface area (Å²) in [6.45, 7) is 6.56. The van der Waals surface area contributed by atoms with Crippen molar-refractivity contribution < 1.29 is 9.53 Å². The van der Waals surface area contributed by atoms with Crippen LogP contribution >= 0.6 is 0 Å². The van der Waals surface area contributed by atoms with Gasteiger partial charge in [0.2, 0.25) is 5.91 Å². The Morgan fingerprint density at radius 2 is 2.38 bits per heavy atom. The van der Waals surface area contributed by atoms with Crippen LogP contribution in [0.1, 0.15) is 33.1 Å². The fraction of sp³-hybridized carbons (Fsp3) is 0.900. The van der Waals surface area contributed by atoms with E-state index in [0.29, 0.717) is 11.9 Å². The Labute approximate surface area is 80.1 Å². The fourth-order valence-corrected chi connectivity index (χ4v) is 1.69. The fourth-order valence-electron chi connectivity index (χ4n) is 1.69. The second-order valence-corrected chi connectivity index (χ2v) is 3.53. The minimum absolute atomic E-state index is 0.309. The van der Waals surface area contributed by atoms with Crippen LogP contribution in [-0.2, 0) is 9.53 Å². The third-order valence-electron chi connectivity index (χ3n) is 2.53. The van der Waals surface area contributed by atoms with Crippen molar-refractivity contribution in [2.45, 2.75) is 39.2 Å². The highest BCUT2D eigenvalue weighted by Crippen LogP contribution is 2.15. The summed E-state index contributed by atoms with van der Waals surface area (Å²) < 4.78 is 5.26. The molecule has 1 fully saturated rings. The van der Waals surface area contributed by atoms with E-state index in [9.17, 15) is 4.79 Å². The van der Waals surface area contributed by atoms with Crippen molar-refractivity contribution in [3.8, 4) is 0 Å². The van der Waals surface area contributed by atoms with Gasteiger partial charge in [0.25, 0.3) is 0 Å². The molecule has 1 unspecified atom stereocenters. The summed E-state index contributed by atoms with van der Waals surface area (Å²) >= 11 is 0. The zero-order chi connectivity index (χ0) is 9.68. The van der Waals surface area contributed by atoms with E-state index in [2.05, 4.69) is 6.92 Å². The highest BCUT2D eigenvalue weighted by molar-refractivity contribution is 5.78. The molecule has 13 heavy (non-hydrogen) atoms. The van der Waals surface area contributed by atoms with Crippen LogP contribution in [0.3, 0.4) is 0 Å². The van der Waals surface area contributed by atoms with Gasteiger partial charge in [-0.1, -0.05) is 0 Å². The van der Waals surface area contributed by atoms with E-state index < -0.39 is 0 Å². The third kappa shape index (κ3) is 2.99. The van der Waals surface area contributed by atoms with E-state index >= 15 is 0 Å². The second-order valence-electron chi connectivity index (χ2n) is 3.53. The molecule has 3 nitrogen and oxygen atoms in total. The molecule has 0 aromatic rings. The largest absolute Gasteiger partial charge is 0.382 e. The van der Waals surface area contributed by atoms with Gasteiger partial charge in [-0.3, -0.25) is 4.79 Å². The van der Waals surface area contributed by atoms with E-state index in [0.717, 1.165) is 39.0 Å². The Balaban J connectivity index is 2.22. The molecule has 1 rings (SSSR count). The van der Waals surface area contributed by atoms with E-state index in [4.69, 9.17) is 4.74 Å². The maximum absolute atomic E-state index is 11.3. The van der Waals surface area contributed by atoms with Crippen LogP contribution in [0.4, 0.5) is 0 Å². The van der Waals surface area contributed by atoms with Crippen LogP contribution in [0.2, 0.25) is 0 Å². The predicted molar refractivity (Wildman–Crippen MR) is 51.5 cm³/mol. The molecule has 0 radical (unpaired) electrons. The summed E-state index contributed by atoms with van der Waals surface area (Å²) in [6.07, 6.45) is 2.72. The maximum Gasteiger partial charge on any atom is 0.222 e. The van der Waals surface area contributed by atoms with Gasteiger partial charge in [-0.2, -0.15) is 0 Å². The van der Waals surface area contributed by atoms with Gasteiger partial charge in [-0.05, 0) is 26.7 Å². The molecule has 0 spiro atoms. The van der Waals surface area contributed by atoms with E-state index in [1.54, 1.807) is 0 Å². The topological polar surface area (TPSA) is 29.5 Å². The van der Waals surface area contributed by atoms with Gasteiger partial charge in [-0.15, -0.1) is 0 Å². The van der Waals surface area contributed by atoms with Crippen molar-refractivity contribution in [2.75, 3.05) is 19.8 Å². The summed E-state index contributed by atoms with van der Waals surface area (Å²) in [7, 11) is 0. The van der Waals surface area contributed by atoms with E-state index in [1.807, 2.05) is 11.8 Å². The molecule has 0 aromatic carbocycles. The average Bonchev–Trinajstić information content (AvgIpc) is 2.52. The van der Waals surface area contributed by atoms with Crippen molar-refractivity contribution >= 4 is 5.91 Å². The normalized spacial score (nSPS) is 19.5. The first-order chi connectivity index (χ1) is 6.25. The summed E-state index contributed by atoms with van der Waals surface area (Å²) in [5, 5.41) is 0. The standard InChI is InChI=1S/C10H19NO2/c1-3-13-8-6-9(2)11-7-4-5-10(11)12/h9H,3-8H2,1-2H3. The molecule has 1 aliphatic heterocycles. The second kappa shape index (κ2) is 5.22. The molecular weight excluding hydrogens is 166 g/mol. The Morgan fingerprint density at radius 1 is 1.62 bits per heavy atom. The Bertz CT molecular complexity index is 170. The lowest BCUT2D eigenvalue weighted by Gasteiger charge is -2.23. The van der Waals surface area contributed by atoms with Crippen LogP contribution in [0.25, 0.3) is 0 Å². The molecule has 0 bridgehead atoms. The lowest BCUT2D eigenvalue weighted by Crippen LogP contribution is -2.34. The lowest BCUT2D eigenvalue weighted by molar-refractivity contribution is -0.129. The van der Waals surface area contributed by atoms with Crippen molar-refractivity contribution in [1.82, 2.24) is 4.90 Å². The monoisotopic (exact) mass is 185 g/mol. The average molecular weight is 185 g/mol. The van der Waals surface area contributed by atoms with Crippen LogP contribution in [0, 0.1) is 0 Å². The maximum atomic E-state index is 11.3. The summed E-state index contributed by atoms with van der Waals surface area (Å²) in [5.41, 5.74) is 0. The van der Waals surface area contributed by atoms with Gasteiger partial charge in [0.15, 0.2) is 0 Å². The van der Waals surface area contributed by atoms with Crippen molar-refractivity contribution in [2.24, 2.45) is 0 Å². The number of hydrogen-bond acceptors (Lipinski definition) is 2. The SMILES string of the molecule is CCOCCC(C)N1CCCC1=O. The Hall–Kier alpha value is -0.570. The first-order valence-corrected chi connectivity index (χ1v) is 5.13. The van der Waals surface area contributed by atoms with Gasteiger partial charge in [0.05, 0.1) is 0 Å². The molecule has 0 aliphatic carbocycles. The van der Waals surface area contributed by atoms with Gasteiger partial charge in [-0.25, -0.2) is 0 Å². The van der Waals surface area contributed by atoms with Crippen LogP contribution in [0.15, 0.2) is 0 Å². The van der Waals surface area contributed by atoms with E-state index in [1.165, 1.54) is 0 Å². The van der Waals surface area contributed by atoms with Gasteiger partial charge in [0.1, 0.15) is 0 Å². The molecule has 0 aromatic heterocycles. The number of amides is 1. The molecule has 1 aliphatic rings. The molecule has 76 valence electrons. The number of rotatable bonds is 5. The van der Waals surface area contributed by atoms with Crippen LogP contribution in [-0.4, -0.2) is 36.6 Å². The highest BCUT2D eigenvalue weighted by atomic mass is 16.5. The summed E-state index contributed by atoms with van der Waals surface area (Å²) in [4.78, 5) is 13.3. The minimum Gasteiger partial charge on any atom is -0.382 e. The number of carbonyl (C=O) groups is 1. The summed E-state index contributed by atoms with van der Waals surface area (Å²) in [6, 6.07) is 0.349. The van der Waals surface area contributed by atoms with Crippen LogP contribution < -0.4 is 0 Å². The zero-order valence-corrected chi connectivity index (χ0v) is 8.58. The molecule has 1 amide bonds. The number of hydrogen-bond donors (Lipinski definition) is 0. The van der Waals surface area contributed by atoms with Gasteiger partial charge >= 0.3 is 0 Å². The zero-order valence-electron chi connectivity index (χ0n) is 8.58. The van der Waals surface area contributed by atoms with Crippen LogP contribution in [0.5, 0.6) is 0 Å². The third-order valence-corrected chi connectivity index (χ3v) is 2.53. The van der Waals surface area contributed by atoms with Gasteiger partial charge < -0.3 is 9.64 Å². The number of nitrogens with zero attached hydrogens (tertiary/aromatic N) is 1. The quantitative estimate of drug-likeness (QED) is 0.606.